The van der Waals surface area contributed by atoms with Crippen molar-refractivity contribution in [1.29, 1.82) is 0 Å². The van der Waals surface area contributed by atoms with Crippen LogP contribution >= 0.6 is 39.1 Å². The molecule has 0 bridgehead atoms. The highest BCUT2D eigenvalue weighted by Gasteiger charge is 2.34. The number of rotatable bonds is 10. The highest BCUT2D eigenvalue weighted by Crippen LogP contribution is 2.33. The van der Waals surface area contributed by atoms with Crippen LogP contribution in [0.1, 0.15) is 38.2 Å². The summed E-state index contributed by atoms with van der Waals surface area (Å²) >= 11 is 16.0. The third kappa shape index (κ3) is 7.37. The SMILES string of the molecule is C[C@@H](C(=O)NC1CCCC1)N(Cc1cccc(Br)c1)C(=O)CN(c1ccc(Cl)cc1Cl)S(=O)(=O)c1ccccc1. The molecule has 0 heterocycles. The predicted octanol–water partition coefficient (Wildman–Crippen LogP) is 6.43. The number of hydrogen-bond donors (Lipinski definition) is 1. The number of carbonyl (C=O) groups excluding carboxylic acids is 2. The van der Waals surface area contributed by atoms with E-state index in [-0.39, 0.29) is 34.1 Å². The highest BCUT2D eigenvalue weighted by atomic mass is 79.9. The molecule has 0 spiro atoms. The van der Waals surface area contributed by atoms with Gasteiger partial charge >= 0.3 is 0 Å². The number of sulfonamides is 1. The van der Waals surface area contributed by atoms with E-state index >= 15 is 0 Å². The summed E-state index contributed by atoms with van der Waals surface area (Å²) in [6, 6.07) is 18.8. The Hall–Kier alpha value is -2.59. The molecule has 0 unspecified atom stereocenters. The van der Waals surface area contributed by atoms with Gasteiger partial charge in [-0.05, 0) is 67.8 Å². The van der Waals surface area contributed by atoms with E-state index < -0.39 is 28.5 Å². The van der Waals surface area contributed by atoms with Crippen molar-refractivity contribution in [1.82, 2.24) is 10.2 Å². The van der Waals surface area contributed by atoms with Gasteiger partial charge in [-0.3, -0.25) is 13.9 Å². The third-order valence-corrected chi connectivity index (χ3v) is 9.70. The topological polar surface area (TPSA) is 86.8 Å². The molecule has 1 atom stereocenters. The fraction of sp³-hybridized carbons (Fsp3) is 0.310. The van der Waals surface area contributed by atoms with E-state index in [0.717, 1.165) is 40.0 Å². The van der Waals surface area contributed by atoms with Crippen LogP contribution in [-0.4, -0.2) is 43.8 Å². The Kier molecular flexibility index (Phi) is 10.2. The minimum absolute atomic E-state index is 0.000573. The molecular weight excluding hydrogens is 637 g/mol. The second-order valence-electron chi connectivity index (χ2n) is 9.74. The number of nitrogens with one attached hydrogen (secondary N) is 1. The van der Waals surface area contributed by atoms with Gasteiger partial charge in [-0.2, -0.15) is 0 Å². The Morgan fingerprint density at radius 2 is 1.70 bits per heavy atom. The summed E-state index contributed by atoms with van der Waals surface area (Å²) in [5, 5.41) is 3.46. The van der Waals surface area contributed by atoms with Gasteiger partial charge in [0, 0.05) is 22.1 Å². The lowest BCUT2D eigenvalue weighted by atomic mass is 10.1. The Labute approximate surface area is 253 Å². The molecule has 1 fully saturated rings. The molecule has 0 aromatic heterocycles. The molecule has 0 saturated heterocycles. The van der Waals surface area contributed by atoms with Gasteiger partial charge in [0.2, 0.25) is 11.8 Å². The number of nitrogens with zero attached hydrogens (tertiary/aromatic N) is 2. The lowest BCUT2D eigenvalue weighted by molar-refractivity contribution is -0.139. The average molecular weight is 667 g/mol. The van der Waals surface area contributed by atoms with Gasteiger partial charge < -0.3 is 10.2 Å². The van der Waals surface area contributed by atoms with Gasteiger partial charge in [-0.1, -0.05) is 82.3 Å². The number of amides is 2. The zero-order valence-corrected chi connectivity index (χ0v) is 25.8. The maximum Gasteiger partial charge on any atom is 0.264 e. The smallest absolute Gasteiger partial charge is 0.264 e. The standard InChI is InChI=1S/C29H30BrCl2N3O4S/c1-20(29(37)33-24-10-5-6-11-24)34(18-21-8-7-9-22(30)16-21)28(36)19-35(27-15-14-23(31)17-26(27)32)40(38,39)25-12-3-2-4-13-25/h2-4,7-9,12-17,20,24H,5-6,10-11,18-19H2,1H3,(H,33,37)/t20-/m0/s1. The number of benzene rings is 3. The molecule has 11 heteroatoms. The molecule has 4 rings (SSSR count). The van der Waals surface area contributed by atoms with Crippen LogP contribution in [0.15, 0.2) is 82.2 Å². The summed E-state index contributed by atoms with van der Waals surface area (Å²) in [5.74, 6) is -0.836. The van der Waals surface area contributed by atoms with E-state index in [9.17, 15) is 18.0 Å². The molecule has 0 aliphatic heterocycles. The van der Waals surface area contributed by atoms with Crippen LogP contribution in [0, 0.1) is 0 Å². The summed E-state index contributed by atoms with van der Waals surface area (Å²) in [7, 11) is -4.21. The molecule has 7 nitrogen and oxygen atoms in total. The lowest BCUT2D eigenvalue weighted by Crippen LogP contribution is -2.52. The first-order valence-electron chi connectivity index (χ1n) is 12.9. The molecular formula is C29H30BrCl2N3O4S. The van der Waals surface area contributed by atoms with Crippen LogP contribution < -0.4 is 9.62 Å². The molecule has 1 saturated carbocycles. The first kappa shape index (κ1) is 30.4. The normalized spacial score (nSPS) is 14.5. The first-order chi connectivity index (χ1) is 19.1. The number of hydrogen-bond acceptors (Lipinski definition) is 4. The highest BCUT2D eigenvalue weighted by molar-refractivity contribution is 9.10. The van der Waals surface area contributed by atoms with Crippen LogP contribution in [0.4, 0.5) is 5.69 Å². The number of halogens is 3. The first-order valence-corrected chi connectivity index (χ1v) is 15.9. The largest absolute Gasteiger partial charge is 0.352 e. The Morgan fingerprint density at radius 3 is 2.35 bits per heavy atom. The van der Waals surface area contributed by atoms with Crippen LogP contribution in [0.3, 0.4) is 0 Å². The van der Waals surface area contributed by atoms with Crippen molar-refractivity contribution < 1.29 is 18.0 Å². The van der Waals surface area contributed by atoms with Crippen LogP contribution in [0.2, 0.25) is 10.0 Å². The summed E-state index contributed by atoms with van der Waals surface area (Å²) in [4.78, 5) is 28.7. The second-order valence-corrected chi connectivity index (χ2v) is 13.4. The van der Waals surface area contributed by atoms with Crippen molar-refractivity contribution in [2.75, 3.05) is 10.8 Å². The fourth-order valence-electron chi connectivity index (χ4n) is 4.72. The Balaban J connectivity index is 1.70. The molecule has 40 heavy (non-hydrogen) atoms. The minimum atomic E-state index is -4.21. The van der Waals surface area contributed by atoms with Crippen molar-refractivity contribution in [3.63, 3.8) is 0 Å². The van der Waals surface area contributed by atoms with E-state index in [4.69, 9.17) is 23.2 Å². The van der Waals surface area contributed by atoms with Crippen LogP contribution in [0.25, 0.3) is 0 Å². The number of anilines is 1. The summed E-state index contributed by atoms with van der Waals surface area (Å²) in [6.45, 7) is 1.18. The summed E-state index contributed by atoms with van der Waals surface area (Å²) in [6.07, 6.45) is 3.90. The minimum Gasteiger partial charge on any atom is -0.352 e. The Morgan fingerprint density at radius 1 is 1.00 bits per heavy atom. The van der Waals surface area contributed by atoms with Crippen molar-refractivity contribution in [3.05, 3.63) is 92.9 Å². The lowest BCUT2D eigenvalue weighted by Gasteiger charge is -2.32. The quantitative estimate of drug-likeness (QED) is 0.270. The maximum atomic E-state index is 14.0. The van der Waals surface area contributed by atoms with E-state index in [1.807, 2.05) is 24.3 Å². The van der Waals surface area contributed by atoms with Crippen LogP contribution in [-0.2, 0) is 26.2 Å². The zero-order chi connectivity index (χ0) is 28.9. The van der Waals surface area contributed by atoms with Crippen LogP contribution in [0.5, 0.6) is 0 Å². The maximum absolute atomic E-state index is 14.0. The van der Waals surface area contributed by atoms with Crippen molar-refractivity contribution in [2.24, 2.45) is 0 Å². The molecule has 3 aromatic rings. The zero-order valence-electron chi connectivity index (χ0n) is 21.9. The Bertz CT molecular complexity index is 1470. The molecule has 3 aromatic carbocycles. The summed E-state index contributed by atoms with van der Waals surface area (Å²) < 4.78 is 29.5. The monoisotopic (exact) mass is 665 g/mol. The van der Waals surface area contributed by atoms with Crippen molar-refractivity contribution in [2.45, 2.75) is 56.1 Å². The van der Waals surface area contributed by atoms with E-state index in [1.165, 1.54) is 35.2 Å². The summed E-state index contributed by atoms with van der Waals surface area (Å²) in [5.41, 5.74) is 0.888. The van der Waals surface area contributed by atoms with Gasteiger partial charge in [0.25, 0.3) is 10.0 Å². The molecule has 1 N–H and O–H groups in total. The van der Waals surface area contributed by atoms with Gasteiger partial charge in [-0.15, -0.1) is 0 Å². The van der Waals surface area contributed by atoms with Crippen molar-refractivity contribution >= 4 is 66.7 Å². The third-order valence-electron chi connectivity index (χ3n) is 6.90. The molecule has 2 amide bonds. The molecule has 1 aliphatic rings. The van der Waals surface area contributed by atoms with E-state index in [0.29, 0.717) is 5.02 Å². The molecule has 0 radical (unpaired) electrons. The van der Waals surface area contributed by atoms with Gasteiger partial charge in [-0.25, -0.2) is 8.42 Å². The van der Waals surface area contributed by atoms with E-state index in [1.54, 1.807) is 25.1 Å². The second kappa shape index (κ2) is 13.4. The van der Waals surface area contributed by atoms with Gasteiger partial charge in [0.05, 0.1) is 15.6 Å². The molecule has 1 aliphatic carbocycles. The van der Waals surface area contributed by atoms with Gasteiger partial charge in [0.1, 0.15) is 12.6 Å². The number of carbonyl (C=O) groups is 2. The van der Waals surface area contributed by atoms with E-state index in [2.05, 4.69) is 21.2 Å². The van der Waals surface area contributed by atoms with Crippen molar-refractivity contribution in [3.8, 4) is 0 Å². The predicted molar refractivity (Wildman–Crippen MR) is 162 cm³/mol. The molecule has 212 valence electrons. The van der Waals surface area contributed by atoms with Gasteiger partial charge in [0.15, 0.2) is 0 Å². The average Bonchev–Trinajstić information content (AvgIpc) is 3.44. The fourth-order valence-corrected chi connectivity index (χ4v) is 7.18.